The molecule has 2 heterocycles. The highest BCUT2D eigenvalue weighted by Crippen LogP contribution is 2.32. The van der Waals surface area contributed by atoms with Gasteiger partial charge in [0.2, 0.25) is 16.8 Å². The van der Waals surface area contributed by atoms with Crippen molar-refractivity contribution in [1.82, 2.24) is 9.62 Å². The molecular weight excluding hydrogens is 396 g/mol. The normalized spacial score (nSPS) is 15.6. The zero-order valence-electron chi connectivity index (χ0n) is 16.0. The second-order valence-corrected chi connectivity index (χ2v) is 8.64. The van der Waals surface area contributed by atoms with E-state index in [1.165, 1.54) is 25.3 Å². The summed E-state index contributed by atoms with van der Waals surface area (Å²) < 4.78 is 44.0. The fourth-order valence-electron chi connectivity index (χ4n) is 3.42. The Morgan fingerprint density at radius 3 is 2.62 bits per heavy atom. The van der Waals surface area contributed by atoms with Crippen molar-refractivity contribution in [1.29, 1.82) is 0 Å². The van der Waals surface area contributed by atoms with Crippen molar-refractivity contribution in [3.63, 3.8) is 0 Å². The van der Waals surface area contributed by atoms with Gasteiger partial charge in [0.25, 0.3) is 5.91 Å². The number of likely N-dealkylation sites (tertiary alicyclic amines) is 1. The van der Waals surface area contributed by atoms with Crippen LogP contribution in [0.15, 0.2) is 41.3 Å². The molecule has 9 heteroatoms. The van der Waals surface area contributed by atoms with Gasteiger partial charge in [-0.3, -0.25) is 4.79 Å². The number of nitrogens with zero attached hydrogens (tertiary/aromatic N) is 1. The summed E-state index contributed by atoms with van der Waals surface area (Å²) in [6, 6.07) is 9.57. The van der Waals surface area contributed by atoms with Crippen molar-refractivity contribution in [2.45, 2.75) is 24.3 Å². The first-order valence-corrected chi connectivity index (χ1v) is 10.8. The standard InChI is InChI=1S/C20H22N2O6S/c1-26-17-7-5-15(11-16(17)20(23)22-8-2-3-9-22)29(24,25)21-12-14-4-6-18-19(10-14)28-13-27-18/h4-7,10-11,21H,2-3,8-9,12-13H2,1H3. The van der Waals surface area contributed by atoms with Crippen molar-refractivity contribution >= 4 is 15.9 Å². The molecule has 2 aliphatic heterocycles. The van der Waals surface area contributed by atoms with Gasteiger partial charge in [-0.15, -0.1) is 0 Å². The topological polar surface area (TPSA) is 94.2 Å². The number of benzene rings is 2. The van der Waals surface area contributed by atoms with Crippen LogP contribution in [0.4, 0.5) is 0 Å². The lowest BCUT2D eigenvalue weighted by molar-refractivity contribution is 0.0789. The number of carbonyl (C=O) groups is 1. The number of nitrogens with one attached hydrogen (secondary N) is 1. The molecule has 4 rings (SSSR count). The van der Waals surface area contributed by atoms with Crippen LogP contribution < -0.4 is 18.9 Å². The molecule has 154 valence electrons. The van der Waals surface area contributed by atoms with Crippen molar-refractivity contribution in [2.24, 2.45) is 0 Å². The van der Waals surface area contributed by atoms with E-state index in [-0.39, 0.29) is 29.7 Å². The van der Waals surface area contributed by atoms with Crippen LogP contribution in [0.2, 0.25) is 0 Å². The van der Waals surface area contributed by atoms with E-state index in [0.29, 0.717) is 30.3 Å². The van der Waals surface area contributed by atoms with Gasteiger partial charge < -0.3 is 19.1 Å². The predicted octanol–water partition coefficient (Wildman–Crippen LogP) is 2.14. The van der Waals surface area contributed by atoms with Gasteiger partial charge in [0.05, 0.1) is 17.6 Å². The second kappa shape index (κ2) is 7.92. The van der Waals surface area contributed by atoms with Crippen LogP contribution in [0.1, 0.15) is 28.8 Å². The van der Waals surface area contributed by atoms with E-state index in [1.54, 1.807) is 23.1 Å². The van der Waals surface area contributed by atoms with Crippen LogP contribution in [0, 0.1) is 0 Å². The average Bonchev–Trinajstić information content (AvgIpc) is 3.42. The maximum atomic E-state index is 12.8. The first-order chi connectivity index (χ1) is 14.0. The van der Waals surface area contributed by atoms with Crippen LogP contribution in [0.25, 0.3) is 0 Å². The largest absolute Gasteiger partial charge is 0.496 e. The summed E-state index contributed by atoms with van der Waals surface area (Å²) in [5.74, 6) is 1.37. The average molecular weight is 418 g/mol. The molecule has 0 aliphatic carbocycles. The van der Waals surface area contributed by atoms with Crippen LogP contribution in [0.5, 0.6) is 17.2 Å². The van der Waals surface area contributed by atoms with E-state index in [2.05, 4.69) is 4.72 Å². The number of carbonyl (C=O) groups excluding carboxylic acids is 1. The molecule has 0 radical (unpaired) electrons. The molecule has 2 aromatic rings. The van der Waals surface area contributed by atoms with E-state index < -0.39 is 10.0 Å². The van der Waals surface area contributed by atoms with Crippen molar-refractivity contribution in [3.05, 3.63) is 47.5 Å². The Hall–Kier alpha value is -2.78. The molecule has 1 fully saturated rings. The number of hydrogen-bond acceptors (Lipinski definition) is 6. The Morgan fingerprint density at radius 1 is 1.10 bits per heavy atom. The minimum Gasteiger partial charge on any atom is -0.496 e. The Kier molecular flexibility index (Phi) is 5.33. The minimum absolute atomic E-state index is 0.0154. The highest BCUT2D eigenvalue weighted by molar-refractivity contribution is 7.89. The van der Waals surface area contributed by atoms with Gasteiger partial charge in [-0.05, 0) is 48.7 Å². The van der Waals surface area contributed by atoms with Crippen LogP contribution in [0.3, 0.4) is 0 Å². The van der Waals surface area contributed by atoms with E-state index in [9.17, 15) is 13.2 Å². The van der Waals surface area contributed by atoms with Crippen molar-refractivity contribution < 1.29 is 27.4 Å². The summed E-state index contributed by atoms with van der Waals surface area (Å²) in [6.07, 6.45) is 1.90. The first kappa shape index (κ1) is 19.5. The predicted molar refractivity (Wildman–Crippen MR) is 105 cm³/mol. The van der Waals surface area contributed by atoms with Crippen LogP contribution in [-0.4, -0.2) is 46.2 Å². The number of fused-ring (bicyclic) bond motifs is 1. The molecule has 0 unspecified atom stereocenters. The highest BCUT2D eigenvalue weighted by atomic mass is 32.2. The van der Waals surface area contributed by atoms with Gasteiger partial charge in [0.15, 0.2) is 11.5 Å². The quantitative estimate of drug-likeness (QED) is 0.773. The third-order valence-corrected chi connectivity index (χ3v) is 6.41. The molecule has 2 aromatic carbocycles. The molecule has 1 N–H and O–H groups in total. The number of ether oxygens (including phenoxy) is 3. The lowest BCUT2D eigenvalue weighted by Crippen LogP contribution is -2.29. The maximum absolute atomic E-state index is 12.8. The number of rotatable bonds is 6. The SMILES string of the molecule is COc1ccc(S(=O)(=O)NCc2ccc3c(c2)OCO3)cc1C(=O)N1CCCC1. The Labute approximate surface area is 169 Å². The lowest BCUT2D eigenvalue weighted by atomic mass is 10.1. The molecule has 1 amide bonds. The molecule has 29 heavy (non-hydrogen) atoms. The summed E-state index contributed by atoms with van der Waals surface area (Å²) in [4.78, 5) is 14.5. The number of hydrogen-bond donors (Lipinski definition) is 1. The van der Waals surface area contributed by atoms with Gasteiger partial charge in [-0.25, -0.2) is 13.1 Å². The van der Waals surface area contributed by atoms with Crippen molar-refractivity contribution in [2.75, 3.05) is 27.0 Å². The summed E-state index contributed by atoms with van der Waals surface area (Å²) >= 11 is 0. The van der Waals surface area contributed by atoms with E-state index in [1.807, 2.05) is 0 Å². The Balaban J connectivity index is 1.54. The number of methoxy groups -OCH3 is 1. The molecule has 0 spiro atoms. The smallest absolute Gasteiger partial charge is 0.257 e. The molecule has 0 atom stereocenters. The zero-order chi connectivity index (χ0) is 20.4. The van der Waals surface area contributed by atoms with Gasteiger partial charge in [0.1, 0.15) is 5.75 Å². The molecule has 0 saturated carbocycles. The molecule has 2 aliphatic rings. The summed E-state index contributed by atoms with van der Waals surface area (Å²) in [5, 5.41) is 0. The molecular formula is C20H22N2O6S. The van der Waals surface area contributed by atoms with Crippen molar-refractivity contribution in [3.8, 4) is 17.2 Å². The van der Waals surface area contributed by atoms with Crippen LogP contribution >= 0.6 is 0 Å². The molecule has 0 aromatic heterocycles. The minimum atomic E-state index is -3.83. The Bertz CT molecular complexity index is 1030. The second-order valence-electron chi connectivity index (χ2n) is 6.87. The third-order valence-electron chi connectivity index (χ3n) is 5.01. The van der Waals surface area contributed by atoms with E-state index >= 15 is 0 Å². The van der Waals surface area contributed by atoms with Gasteiger partial charge >= 0.3 is 0 Å². The lowest BCUT2D eigenvalue weighted by Gasteiger charge is -2.18. The monoisotopic (exact) mass is 418 g/mol. The summed E-state index contributed by atoms with van der Waals surface area (Å²) in [5.41, 5.74) is 0.986. The van der Waals surface area contributed by atoms with E-state index in [4.69, 9.17) is 14.2 Å². The van der Waals surface area contributed by atoms with Gasteiger partial charge in [-0.2, -0.15) is 0 Å². The van der Waals surface area contributed by atoms with Crippen LogP contribution in [-0.2, 0) is 16.6 Å². The fourth-order valence-corrected chi connectivity index (χ4v) is 4.47. The van der Waals surface area contributed by atoms with Gasteiger partial charge in [-0.1, -0.05) is 6.07 Å². The number of sulfonamides is 1. The Morgan fingerprint density at radius 2 is 1.86 bits per heavy atom. The highest BCUT2D eigenvalue weighted by Gasteiger charge is 2.25. The van der Waals surface area contributed by atoms with Gasteiger partial charge in [0, 0.05) is 19.6 Å². The first-order valence-electron chi connectivity index (χ1n) is 9.33. The fraction of sp³-hybridized carbons (Fsp3) is 0.350. The summed E-state index contributed by atoms with van der Waals surface area (Å²) in [7, 11) is -2.36. The number of amides is 1. The molecule has 1 saturated heterocycles. The molecule has 0 bridgehead atoms. The maximum Gasteiger partial charge on any atom is 0.257 e. The molecule has 8 nitrogen and oxygen atoms in total. The third kappa shape index (κ3) is 4.01. The summed E-state index contributed by atoms with van der Waals surface area (Å²) in [6.45, 7) is 1.58. The van der Waals surface area contributed by atoms with E-state index in [0.717, 1.165) is 18.4 Å². The zero-order valence-corrected chi connectivity index (χ0v) is 16.8.